The molecular weight excluding hydrogens is 280 g/mol. The van der Waals surface area contributed by atoms with Gasteiger partial charge in [0.05, 0.1) is 26.9 Å². The Balaban J connectivity index is 2.22. The zero-order valence-corrected chi connectivity index (χ0v) is 11.8. The fourth-order valence-electron chi connectivity index (χ4n) is 1.82. The first-order valence-electron chi connectivity index (χ1n) is 5.93. The summed E-state index contributed by atoms with van der Waals surface area (Å²) in [6.45, 7) is 2.49. The zero-order valence-electron chi connectivity index (χ0n) is 10.3. The van der Waals surface area contributed by atoms with Crippen LogP contribution in [0.3, 0.4) is 0 Å². The number of fused-ring (bicyclic) bond motifs is 1. The van der Waals surface area contributed by atoms with Gasteiger partial charge in [-0.25, -0.2) is 9.97 Å². The summed E-state index contributed by atoms with van der Waals surface area (Å²) in [6.07, 6.45) is 0. The van der Waals surface area contributed by atoms with Gasteiger partial charge < -0.3 is 4.74 Å². The van der Waals surface area contributed by atoms with Gasteiger partial charge in [-0.05, 0) is 31.2 Å². The Morgan fingerprint density at radius 3 is 2.47 bits per heavy atom. The topological polar surface area (TPSA) is 35.0 Å². The molecule has 0 saturated heterocycles. The van der Waals surface area contributed by atoms with Crippen LogP contribution in [0.25, 0.3) is 21.6 Å². The summed E-state index contributed by atoms with van der Waals surface area (Å²) in [4.78, 5) is 10.1. The van der Waals surface area contributed by atoms with E-state index in [1.165, 1.54) is 11.3 Å². The molecule has 2 aromatic heterocycles. The Morgan fingerprint density at radius 2 is 1.84 bits per heavy atom. The third-order valence-corrected chi connectivity index (χ3v) is 3.86. The zero-order chi connectivity index (χ0) is 13.2. The summed E-state index contributed by atoms with van der Waals surface area (Å²) in [5, 5.41) is 0. The SMILES string of the molecule is CCOc1nc2ccccc2nc1-c1ccc(Cl)s1. The van der Waals surface area contributed by atoms with Crippen molar-refractivity contribution in [3.8, 4) is 16.5 Å². The van der Waals surface area contributed by atoms with E-state index in [0.717, 1.165) is 25.9 Å². The number of rotatable bonds is 3. The largest absolute Gasteiger partial charge is 0.476 e. The van der Waals surface area contributed by atoms with Gasteiger partial charge in [-0.15, -0.1) is 11.3 Å². The van der Waals surface area contributed by atoms with Crippen molar-refractivity contribution in [3.05, 3.63) is 40.7 Å². The van der Waals surface area contributed by atoms with Crippen LogP contribution in [0.15, 0.2) is 36.4 Å². The molecule has 0 atom stereocenters. The van der Waals surface area contributed by atoms with Gasteiger partial charge in [0, 0.05) is 0 Å². The van der Waals surface area contributed by atoms with Crippen LogP contribution >= 0.6 is 22.9 Å². The highest BCUT2D eigenvalue weighted by Crippen LogP contribution is 2.35. The summed E-state index contributed by atoms with van der Waals surface area (Å²) >= 11 is 7.46. The number of thiophene rings is 1. The molecule has 0 aliphatic carbocycles. The molecule has 0 spiro atoms. The summed E-state index contributed by atoms with van der Waals surface area (Å²) < 4.78 is 6.33. The molecule has 3 nitrogen and oxygen atoms in total. The fraction of sp³-hybridized carbons (Fsp3) is 0.143. The van der Waals surface area contributed by atoms with E-state index in [4.69, 9.17) is 16.3 Å². The molecule has 19 heavy (non-hydrogen) atoms. The van der Waals surface area contributed by atoms with E-state index in [9.17, 15) is 0 Å². The van der Waals surface area contributed by atoms with Crippen LogP contribution in [0, 0.1) is 0 Å². The third kappa shape index (κ3) is 2.41. The number of halogens is 1. The molecule has 0 saturated carbocycles. The Hall–Kier alpha value is -1.65. The van der Waals surface area contributed by atoms with E-state index in [1.54, 1.807) is 0 Å². The lowest BCUT2D eigenvalue weighted by Crippen LogP contribution is -1.99. The highest BCUT2D eigenvalue weighted by atomic mass is 35.5. The first kappa shape index (κ1) is 12.4. The van der Waals surface area contributed by atoms with Gasteiger partial charge in [0.1, 0.15) is 5.69 Å². The number of nitrogens with zero attached hydrogens (tertiary/aromatic N) is 2. The minimum absolute atomic E-state index is 0.555. The summed E-state index contributed by atoms with van der Waals surface area (Å²) in [7, 11) is 0. The smallest absolute Gasteiger partial charge is 0.242 e. The molecule has 2 heterocycles. The van der Waals surface area contributed by atoms with Crippen LogP contribution < -0.4 is 4.74 Å². The van der Waals surface area contributed by atoms with E-state index >= 15 is 0 Å². The van der Waals surface area contributed by atoms with Gasteiger partial charge in [0.25, 0.3) is 0 Å². The van der Waals surface area contributed by atoms with Crippen molar-refractivity contribution in [1.82, 2.24) is 9.97 Å². The molecule has 0 N–H and O–H groups in total. The van der Waals surface area contributed by atoms with Crippen LogP contribution in [0.1, 0.15) is 6.92 Å². The van der Waals surface area contributed by atoms with Gasteiger partial charge in [0.2, 0.25) is 5.88 Å². The second kappa shape index (κ2) is 5.15. The number of benzene rings is 1. The molecule has 0 fully saturated rings. The molecule has 3 aromatic rings. The normalized spacial score (nSPS) is 10.8. The fourth-order valence-corrected chi connectivity index (χ4v) is 2.85. The van der Waals surface area contributed by atoms with E-state index in [0.29, 0.717) is 12.5 Å². The molecule has 0 unspecified atom stereocenters. The Labute approximate surface area is 119 Å². The van der Waals surface area contributed by atoms with E-state index < -0.39 is 0 Å². The summed E-state index contributed by atoms with van der Waals surface area (Å²) in [6, 6.07) is 11.5. The van der Waals surface area contributed by atoms with Crippen molar-refractivity contribution in [2.24, 2.45) is 0 Å². The van der Waals surface area contributed by atoms with Gasteiger partial charge in [0.15, 0.2) is 0 Å². The van der Waals surface area contributed by atoms with Crippen molar-refractivity contribution in [3.63, 3.8) is 0 Å². The molecule has 96 valence electrons. The minimum Gasteiger partial charge on any atom is -0.476 e. The number of hydrogen-bond acceptors (Lipinski definition) is 4. The van der Waals surface area contributed by atoms with Crippen LogP contribution in [0.5, 0.6) is 5.88 Å². The van der Waals surface area contributed by atoms with Crippen LogP contribution in [-0.2, 0) is 0 Å². The molecule has 3 rings (SSSR count). The standard InChI is InChI=1S/C14H11ClN2OS/c1-2-18-14-13(11-7-8-12(15)19-11)16-9-5-3-4-6-10(9)17-14/h3-8H,2H2,1H3. The van der Waals surface area contributed by atoms with Crippen LogP contribution in [0.4, 0.5) is 0 Å². The van der Waals surface area contributed by atoms with Crippen molar-refractivity contribution >= 4 is 34.0 Å². The van der Waals surface area contributed by atoms with Crippen molar-refractivity contribution < 1.29 is 4.74 Å². The quantitative estimate of drug-likeness (QED) is 0.716. The molecule has 0 amide bonds. The molecule has 1 aromatic carbocycles. The second-order valence-corrected chi connectivity index (χ2v) is 5.62. The summed E-state index contributed by atoms with van der Waals surface area (Å²) in [5.74, 6) is 0.555. The minimum atomic E-state index is 0.555. The first-order chi connectivity index (χ1) is 9.28. The average molecular weight is 291 g/mol. The lowest BCUT2D eigenvalue weighted by atomic mass is 10.2. The maximum Gasteiger partial charge on any atom is 0.242 e. The van der Waals surface area contributed by atoms with Gasteiger partial charge >= 0.3 is 0 Å². The number of para-hydroxylation sites is 2. The Bertz CT molecular complexity index is 726. The molecule has 0 aliphatic rings. The lowest BCUT2D eigenvalue weighted by molar-refractivity contribution is 0.328. The predicted molar refractivity (Wildman–Crippen MR) is 79.0 cm³/mol. The molecule has 0 bridgehead atoms. The monoisotopic (exact) mass is 290 g/mol. The molecule has 5 heteroatoms. The Kier molecular flexibility index (Phi) is 3.36. The number of ether oxygens (including phenoxy) is 1. The molecular formula is C14H11ClN2OS. The van der Waals surface area contributed by atoms with E-state index in [2.05, 4.69) is 9.97 Å². The Morgan fingerprint density at radius 1 is 1.11 bits per heavy atom. The van der Waals surface area contributed by atoms with Gasteiger partial charge in [-0.3, -0.25) is 0 Å². The second-order valence-electron chi connectivity index (χ2n) is 3.90. The highest BCUT2D eigenvalue weighted by Gasteiger charge is 2.13. The van der Waals surface area contributed by atoms with Crippen LogP contribution in [-0.4, -0.2) is 16.6 Å². The van der Waals surface area contributed by atoms with Crippen molar-refractivity contribution in [1.29, 1.82) is 0 Å². The highest BCUT2D eigenvalue weighted by molar-refractivity contribution is 7.19. The first-order valence-corrected chi connectivity index (χ1v) is 7.12. The van der Waals surface area contributed by atoms with Crippen LogP contribution in [0.2, 0.25) is 4.34 Å². The van der Waals surface area contributed by atoms with Gasteiger partial charge in [-0.1, -0.05) is 23.7 Å². The van der Waals surface area contributed by atoms with E-state index in [1.807, 2.05) is 43.3 Å². The average Bonchev–Trinajstić information content (AvgIpc) is 2.85. The van der Waals surface area contributed by atoms with Gasteiger partial charge in [-0.2, -0.15) is 0 Å². The van der Waals surface area contributed by atoms with Crippen molar-refractivity contribution in [2.75, 3.05) is 6.61 Å². The van der Waals surface area contributed by atoms with Crippen molar-refractivity contribution in [2.45, 2.75) is 6.92 Å². The molecule has 0 aliphatic heterocycles. The lowest BCUT2D eigenvalue weighted by Gasteiger charge is -2.08. The van der Waals surface area contributed by atoms with E-state index in [-0.39, 0.29) is 0 Å². The maximum absolute atomic E-state index is 5.99. The summed E-state index contributed by atoms with van der Waals surface area (Å²) in [5.41, 5.74) is 2.43. The maximum atomic E-state index is 5.99. The number of hydrogen-bond donors (Lipinski definition) is 0. The predicted octanol–water partition coefficient (Wildman–Crippen LogP) is 4.41. The molecule has 0 radical (unpaired) electrons. The number of aromatic nitrogens is 2. The third-order valence-electron chi connectivity index (χ3n) is 2.63.